The zero-order valence-corrected chi connectivity index (χ0v) is 14.3. The fourth-order valence-electron chi connectivity index (χ4n) is 3.09. The molecule has 124 valence electrons. The first-order valence-electron chi connectivity index (χ1n) is 8.47. The smallest absolute Gasteiger partial charge is 0.258 e. The average molecular weight is 321 g/mol. The number of aromatic nitrogens is 1. The topological polar surface area (TPSA) is 31.2 Å². The second kappa shape index (κ2) is 7.35. The highest BCUT2D eigenvalue weighted by Gasteiger charge is 2.06. The van der Waals surface area contributed by atoms with E-state index in [4.69, 9.17) is 4.74 Å². The van der Waals surface area contributed by atoms with Crippen molar-refractivity contribution in [3.63, 3.8) is 0 Å². The summed E-state index contributed by atoms with van der Waals surface area (Å²) in [5.41, 5.74) is 2.61. The van der Waals surface area contributed by atoms with E-state index in [-0.39, 0.29) is 5.56 Å². The van der Waals surface area contributed by atoms with Crippen LogP contribution in [-0.4, -0.2) is 11.7 Å². The molecule has 1 aromatic heterocycles. The summed E-state index contributed by atoms with van der Waals surface area (Å²) in [4.78, 5) is 12.6. The quantitative estimate of drug-likeness (QED) is 0.681. The Morgan fingerprint density at radius 3 is 2.46 bits per heavy atom. The van der Waals surface area contributed by atoms with Gasteiger partial charge in [-0.15, -0.1) is 0 Å². The van der Waals surface area contributed by atoms with Gasteiger partial charge in [0.25, 0.3) is 5.56 Å². The molecule has 0 atom stereocenters. The summed E-state index contributed by atoms with van der Waals surface area (Å²) >= 11 is 0. The van der Waals surface area contributed by atoms with Gasteiger partial charge in [0.05, 0.1) is 7.11 Å². The van der Waals surface area contributed by atoms with E-state index in [2.05, 4.69) is 31.2 Å². The van der Waals surface area contributed by atoms with Crippen molar-refractivity contribution in [3.05, 3.63) is 76.2 Å². The highest BCUT2D eigenvalue weighted by molar-refractivity contribution is 5.84. The van der Waals surface area contributed by atoms with Crippen molar-refractivity contribution in [2.45, 2.75) is 32.7 Å². The van der Waals surface area contributed by atoms with Crippen LogP contribution in [0.4, 0.5) is 0 Å². The molecule has 0 aliphatic heterocycles. The zero-order chi connectivity index (χ0) is 16.9. The van der Waals surface area contributed by atoms with Crippen LogP contribution in [0.5, 0.6) is 5.75 Å². The third-order valence-electron chi connectivity index (χ3n) is 4.42. The van der Waals surface area contributed by atoms with Crippen LogP contribution in [0, 0.1) is 0 Å². The Hall–Kier alpha value is -2.55. The predicted molar refractivity (Wildman–Crippen MR) is 98.9 cm³/mol. The van der Waals surface area contributed by atoms with Crippen molar-refractivity contribution in [1.29, 1.82) is 0 Å². The van der Waals surface area contributed by atoms with Gasteiger partial charge in [0, 0.05) is 18.1 Å². The minimum Gasteiger partial charge on any atom is -0.497 e. The van der Waals surface area contributed by atoms with Crippen LogP contribution in [0.1, 0.15) is 24.5 Å². The molecule has 3 nitrogen and oxygen atoms in total. The molecule has 0 fully saturated rings. The van der Waals surface area contributed by atoms with Crippen LogP contribution in [-0.2, 0) is 19.4 Å². The summed E-state index contributed by atoms with van der Waals surface area (Å²) in [7, 11) is 1.68. The lowest BCUT2D eigenvalue weighted by atomic mass is 9.99. The molecule has 0 bridgehead atoms. The molecular formula is C21H23NO2. The highest BCUT2D eigenvalue weighted by atomic mass is 16.5. The molecule has 0 aliphatic rings. The van der Waals surface area contributed by atoms with Gasteiger partial charge >= 0.3 is 0 Å². The molecule has 0 unspecified atom stereocenters. The number of nitrogens with zero attached hydrogens (tertiary/aromatic N) is 1. The Bertz CT molecular complexity index is 878. The Morgan fingerprint density at radius 2 is 1.75 bits per heavy atom. The number of fused-ring (bicyclic) bond motifs is 1. The first-order chi connectivity index (χ1) is 11.7. The third kappa shape index (κ3) is 3.35. The van der Waals surface area contributed by atoms with Crippen LogP contribution < -0.4 is 10.3 Å². The van der Waals surface area contributed by atoms with Gasteiger partial charge < -0.3 is 9.30 Å². The second-order valence-electron chi connectivity index (χ2n) is 6.04. The van der Waals surface area contributed by atoms with Crippen LogP contribution in [0.25, 0.3) is 10.8 Å². The number of aryl methyl sites for hydroxylation is 3. The van der Waals surface area contributed by atoms with E-state index in [1.807, 2.05) is 30.5 Å². The fraction of sp³-hybridized carbons (Fsp3) is 0.286. The third-order valence-corrected chi connectivity index (χ3v) is 4.42. The molecular weight excluding hydrogens is 298 g/mol. The summed E-state index contributed by atoms with van der Waals surface area (Å²) in [6, 6.07) is 16.3. The van der Waals surface area contributed by atoms with Crippen molar-refractivity contribution in [2.75, 3.05) is 7.11 Å². The van der Waals surface area contributed by atoms with Crippen molar-refractivity contribution in [1.82, 2.24) is 4.57 Å². The minimum atomic E-state index is 0.112. The lowest BCUT2D eigenvalue weighted by molar-refractivity contribution is 0.414. The van der Waals surface area contributed by atoms with Crippen LogP contribution >= 0.6 is 0 Å². The monoisotopic (exact) mass is 321 g/mol. The number of hydrogen-bond acceptors (Lipinski definition) is 2. The van der Waals surface area contributed by atoms with Crippen molar-refractivity contribution >= 4 is 10.8 Å². The molecule has 1 heterocycles. The van der Waals surface area contributed by atoms with E-state index >= 15 is 0 Å². The molecule has 0 amide bonds. The normalized spacial score (nSPS) is 10.9. The van der Waals surface area contributed by atoms with Gasteiger partial charge in [-0.3, -0.25) is 4.79 Å². The number of ether oxygens (including phenoxy) is 1. The second-order valence-corrected chi connectivity index (χ2v) is 6.04. The van der Waals surface area contributed by atoms with Gasteiger partial charge in [0.1, 0.15) is 5.75 Å². The molecule has 0 saturated heterocycles. The fourth-order valence-corrected chi connectivity index (χ4v) is 3.09. The van der Waals surface area contributed by atoms with E-state index in [0.29, 0.717) is 0 Å². The molecule has 3 heteroatoms. The molecule has 24 heavy (non-hydrogen) atoms. The van der Waals surface area contributed by atoms with Crippen molar-refractivity contribution in [3.8, 4) is 5.75 Å². The van der Waals surface area contributed by atoms with Crippen molar-refractivity contribution < 1.29 is 4.74 Å². The SMILES string of the molecule is CCCn1ccc2c(CCc3ccc(OC)cc3)cccc2c1=O. The Balaban J connectivity index is 1.86. The summed E-state index contributed by atoms with van der Waals surface area (Å²) in [5, 5.41) is 1.89. The zero-order valence-electron chi connectivity index (χ0n) is 14.3. The molecule has 2 aromatic carbocycles. The molecule has 0 aliphatic carbocycles. The van der Waals surface area contributed by atoms with E-state index in [1.165, 1.54) is 11.1 Å². The first-order valence-corrected chi connectivity index (χ1v) is 8.47. The van der Waals surface area contributed by atoms with Gasteiger partial charge in [0.2, 0.25) is 0 Å². The van der Waals surface area contributed by atoms with Gasteiger partial charge in [-0.2, -0.15) is 0 Å². The molecule has 0 spiro atoms. The molecule has 0 radical (unpaired) electrons. The molecule has 3 aromatic rings. The maximum atomic E-state index is 12.6. The summed E-state index contributed by atoms with van der Waals surface area (Å²) < 4.78 is 7.00. The van der Waals surface area contributed by atoms with Gasteiger partial charge in [-0.25, -0.2) is 0 Å². The van der Waals surface area contributed by atoms with E-state index in [9.17, 15) is 4.79 Å². The van der Waals surface area contributed by atoms with Gasteiger partial charge in [0.15, 0.2) is 0 Å². The van der Waals surface area contributed by atoms with Crippen molar-refractivity contribution in [2.24, 2.45) is 0 Å². The Kier molecular flexibility index (Phi) is 4.99. The standard InChI is InChI=1S/C21H23NO2/c1-3-14-22-15-13-19-17(5-4-6-20(19)21(22)23)10-7-16-8-11-18(24-2)12-9-16/h4-6,8-9,11-13,15H,3,7,10,14H2,1-2H3. The first kappa shape index (κ1) is 16.3. The van der Waals surface area contributed by atoms with E-state index in [1.54, 1.807) is 11.7 Å². The van der Waals surface area contributed by atoms with E-state index < -0.39 is 0 Å². The summed E-state index contributed by atoms with van der Waals surface area (Å²) in [6.07, 6.45) is 4.75. The number of hydrogen-bond donors (Lipinski definition) is 0. The Morgan fingerprint density at radius 1 is 0.958 bits per heavy atom. The van der Waals surface area contributed by atoms with E-state index in [0.717, 1.165) is 42.3 Å². The van der Waals surface area contributed by atoms with Gasteiger partial charge in [-0.1, -0.05) is 31.2 Å². The number of rotatable bonds is 6. The lowest BCUT2D eigenvalue weighted by Crippen LogP contribution is -2.19. The average Bonchev–Trinajstić information content (AvgIpc) is 2.63. The van der Waals surface area contributed by atoms with Gasteiger partial charge in [-0.05, 0) is 60.0 Å². The maximum Gasteiger partial charge on any atom is 0.258 e. The largest absolute Gasteiger partial charge is 0.497 e. The number of benzene rings is 2. The maximum absolute atomic E-state index is 12.6. The molecule has 0 N–H and O–H groups in total. The Labute approximate surface area is 142 Å². The van der Waals surface area contributed by atoms with Crippen LogP contribution in [0.3, 0.4) is 0 Å². The number of methoxy groups -OCH3 is 1. The number of pyridine rings is 1. The summed E-state index contributed by atoms with van der Waals surface area (Å²) in [5.74, 6) is 0.875. The minimum absolute atomic E-state index is 0.112. The lowest BCUT2D eigenvalue weighted by Gasteiger charge is -2.10. The predicted octanol–water partition coefficient (Wildman–Crippen LogP) is 4.21. The van der Waals surface area contributed by atoms with Crippen LogP contribution in [0.2, 0.25) is 0 Å². The van der Waals surface area contributed by atoms with Crippen LogP contribution in [0.15, 0.2) is 59.5 Å². The molecule has 0 saturated carbocycles. The molecule has 3 rings (SSSR count). The summed E-state index contributed by atoms with van der Waals surface area (Å²) in [6.45, 7) is 2.85. The highest BCUT2D eigenvalue weighted by Crippen LogP contribution is 2.19.